The first kappa shape index (κ1) is 28.7. The Morgan fingerprint density at radius 2 is 1.71 bits per heavy atom. The van der Waals surface area contributed by atoms with E-state index < -0.39 is 32.4 Å². The van der Waals surface area contributed by atoms with Crippen LogP contribution in [0.4, 0.5) is 15.8 Å². The van der Waals surface area contributed by atoms with Crippen molar-refractivity contribution < 1.29 is 32.0 Å². The molecule has 2 heterocycles. The van der Waals surface area contributed by atoms with E-state index >= 15 is 0 Å². The molecule has 12 nitrogen and oxygen atoms in total. The largest absolute Gasteiger partial charge is 0.497 e. The summed E-state index contributed by atoms with van der Waals surface area (Å²) in [6.07, 6.45) is 1.33. The summed E-state index contributed by atoms with van der Waals surface area (Å²) in [5.41, 5.74) is 0.585. The summed E-state index contributed by atoms with van der Waals surface area (Å²) in [7, 11) is -2.64. The van der Waals surface area contributed by atoms with Crippen LogP contribution in [-0.2, 0) is 10.0 Å². The van der Waals surface area contributed by atoms with Gasteiger partial charge in [0.1, 0.15) is 22.2 Å². The lowest BCUT2D eigenvalue weighted by Crippen LogP contribution is -2.28. The number of non-ortho nitro benzene ring substituents is 1. The van der Waals surface area contributed by atoms with Crippen LogP contribution in [0.25, 0.3) is 5.69 Å². The first-order chi connectivity index (χ1) is 20.1. The van der Waals surface area contributed by atoms with Crippen LogP contribution in [0.15, 0.2) is 71.6 Å². The summed E-state index contributed by atoms with van der Waals surface area (Å²) in [4.78, 5) is 23.7. The molecule has 0 spiro atoms. The highest BCUT2D eigenvalue weighted by Crippen LogP contribution is 2.38. The number of hydrogen-bond acceptors (Lipinski definition) is 8. The molecule has 1 aliphatic heterocycles. The van der Waals surface area contributed by atoms with Crippen LogP contribution >= 0.6 is 0 Å². The molecule has 3 aromatic carbocycles. The van der Waals surface area contributed by atoms with E-state index in [0.717, 1.165) is 12.1 Å². The van der Waals surface area contributed by atoms with Crippen LogP contribution in [0.2, 0.25) is 0 Å². The van der Waals surface area contributed by atoms with Crippen LogP contribution in [0.1, 0.15) is 28.9 Å². The molecule has 0 aliphatic carbocycles. The molecule has 1 amide bonds. The lowest BCUT2D eigenvalue weighted by atomic mass is 10.2. The molecule has 1 fully saturated rings. The van der Waals surface area contributed by atoms with Gasteiger partial charge in [0.25, 0.3) is 11.6 Å². The lowest BCUT2D eigenvalue weighted by Gasteiger charge is -2.18. The molecule has 0 saturated carbocycles. The Labute approximate surface area is 240 Å². The average molecular weight is 596 g/mol. The molecule has 218 valence electrons. The van der Waals surface area contributed by atoms with Crippen molar-refractivity contribution in [3.8, 4) is 23.1 Å². The molecule has 0 atom stereocenters. The number of nitrogens with one attached hydrogen (secondary N) is 1. The van der Waals surface area contributed by atoms with Gasteiger partial charge in [-0.15, -0.1) is 0 Å². The van der Waals surface area contributed by atoms with E-state index in [2.05, 4.69) is 10.4 Å². The number of anilines is 1. The second-order valence-corrected chi connectivity index (χ2v) is 11.4. The molecule has 1 aromatic heterocycles. The normalized spacial score (nSPS) is 13.6. The van der Waals surface area contributed by atoms with E-state index in [0.29, 0.717) is 30.0 Å². The molecular weight excluding hydrogens is 569 g/mol. The van der Waals surface area contributed by atoms with Crippen molar-refractivity contribution in [2.24, 2.45) is 0 Å². The van der Waals surface area contributed by atoms with Crippen LogP contribution in [0, 0.1) is 22.9 Å². The van der Waals surface area contributed by atoms with Crippen LogP contribution < -0.4 is 14.8 Å². The Kier molecular flexibility index (Phi) is 7.91. The summed E-state index contributed by atoms with van der Waals surface area (Å²) in [6, 6.07) is 15.2. The van der Waals surface area contributed by atoms with Crippen LogP contribution in [0.3, 0.4) is 0 Å². The SMILES string of the molecule is COc1ccc(-n2nc(C(=O)Nc3ccc(F)cc3)c(C)c2Oc2ccc([N+](=O)[O-])cc2S(=O)(=O)N2CCCC2)cc1. The van der Waals surface area contributed by atoms with Gasteiger partial charge in [0.15, 0.2) is 5.69 Å². The first-order valence-corrected chi connectivity index (χ1v) is 14.3. The van der Waals surface area contributed by atoms with Crippen molar-refractivity contribution >= 4 is 27.3 Å². The maximum atomic E-state index is 13.6. The minimum atomic E-state index is -4.15. The number of methoxy groups -OCH3 is 1. The zero-order valence-corrected chi connectivity index (χ0v) is 23.4. The van der Waals surface area contributed by atoms with E-state index in [4.69, 9.17) is 9.47 Å². The minimum absolute atomic E-state index is 0.0103. The number of hydrogen-bond donors (Lipinski definition) is 1. The Balaban J connectivity index is 1.61. The third-order valence-electron chi connectivity index (χ3n) is 6.73. The number of sulfonamides is 1. The number of nitro benzene ring substituents is 1. The predicted octanol–water partition coefficient (Wildman–Crippen LogP) is 5.07. The van der Waals surface area contributed by atoms with Crippen molar-refractivity contribution in [3.05, 3.63) is 93.9 Å². The van der Waals surface area contributed by atoms with Crippen molar-refractivity contribution in [3.63, 3.8) is 0 Å². The molecule has 0 radical (unpaired) electrons. The number of nitro groups is 1. The Morgan fingerprint density at radius 3 is 2.33 bits per heavy atom. The van der Waals surface area contributed by atoms with E-state index in [1.807, 2.05) is 0 Å². The van der Waals surface area contributed by atoms with E-state index in [1.54, 1.807) is 31.2 Å². The first-order valence-electron chi connectivity index (χ1n) is 12.9. The van der Waals surface area contributed by atoms with Gasteiger partial charge in [-0.2, -0.15) is 14.1 Å². The fourth-order valence-electron chi connectivity index (χ4n) is 4.51. The number of nitrogens with zero attached hydrogens (tertiary/aromatic N) is 4. The average Bonchev–Trinajstić information content (AvgIpc) is 3.64. The molecule has 42 heavy (non-hydrogen) atoms. The summed E-state index contributed by atoms with van der Waals surface area (Å²) >= 11 is 0. The molecule has 1 saturated heterocycles. The molecule has 14 heteroatoms. The topological polar surface area (TPSA) is 146 Å². The highest BCUT2D eigenvalue weighted by Gasteiger charge is 2.33. The zero-order chi connectivity index (χ0) is 30.0. The quantitative estimate of drug-likeness (QED) is 0.209. The van der Waals surface area contributed by atoms with Gasteiger partial charge in [-0.1, -0.05) is 0 Å². The lowest BCUT2D eigenvalue weighted by molar-refractivity contribution is -0.385. The smallest absolute Gasteiger partial charge is 0.276 e. The fraction of sp³-hybridized carbons (Fsp3) is 0.214. The molecule has 0 unspecified atom stereocenters. The van der Waals surface area contributed by atoms with Gasteiger partial charge >= 0.3 is 0 Å². The second-order valence-electron chi connectivity index (χ2n) is 9.45. The molecule has 5 rings (SSSR count). The summed E-state index contributed by atoms with van der Waals surface area (Å²) in [5, 5.41) is 18.6. The third kappa shape index (κ3) is 5.66. The van der Waals surface area contributed by atoms with E-state index in [1.165, 1.54) is 46.4 Å². The molecule has 1 aliphatic rings. The van der Waals surface area contributed by atoms with Gasteiger partial charge in [-0.3, -0.25) is 14.9 Å². The Morgan fingerprint density at radius 1 is 1.05 bits per heavy atom. The van der Waals surface area contributed by atoms with Gasteiger partial charge in [0, 0.05) is 36.5 Å². The van der Waals surface area contributed by atoms with Gasteiger partial charge in [0.2, 0.25) is 15.9 Å². The van der Waals surface area contributed by atoms with Gasteiger partial charge in [-0.05, 0) is 74.4 Å². The molecule has 4 aromatic rings. The van der Waals surface area contributed by atoms with Crippen molar-refractivity contribution in [1.82, 2.24) is 14.1 Å². The number of aromatic nitrogens is 2. The highest BCUT2D eigenvalue weighted by molar-refractivity contribution is 7.89. The van der Waals surface area contributed by atoms with Crippen molar-refractivity contribution in [1.29, 1.82) is 0 Å². The standard InChI is InChI=1S/C28H26FN5O7S/c1-18-26(27(35)30-20-7-5-19(29)6-8-20)31-33(21-9-12-23(40-2)13-10-21)28(18)41-24-14-11-22(34(36)37)17-25(24)42(38,39)32-15-3-4-16-32/h5-14,17H,3-4,15-16H2,1-2H3,(H,30,35). The van der Waals surface area contributed by atoms with Crippen molar-refractivity contribution in [2.75, 3.05) is 25.5 Å². The predicted molar refractivity (Wildman–Crippen MR) is 150 cm³/mol. The second kappa shape index (κ2) is 11.6. The number of carbonyl (C=O) groups excluding carboxylic acids is 1. The monoisotopic (exact) mass is 595 g/mol. The molecule has 1 N–H and O–H groups in total. The third-order valence-corrected chi connectivity index (χ3v) is 8.65. The number of amides is 1. The number of benzene rings is 3. The molecular formula is C28H26FN5O7S. The van der Waals surface area contributed by atoms with Gasteiger partial charge in [-0.25, -0.2) is 12.8 Å². The van der Waals surface area contributed by atoms with Crippen LogP contribution in [-0.4, -0.2) is 53.5 Å². The van der Waals surface area contributed by atoms with Gasteiger partial charge in [0.05, 0.1) is 17.7 Å². The Bertz CT molecular complexity index is 1750. The van der Waals surface area contributed by atoms with Crippen molar-refractivity contribution in [2.45, 2.75) is 24.7 Å². The van der Waals surface area contributed by atoms with Crippen LogP contribution in [0.5, 0.6) is 17.4 Å². The summed E-state index contributed by atoms with van der Waals surface area (Å²) in [5.74, 6) is -0.683. The fourth-order valence-corrected chi connectivity index (χ4v) is 6.16. The maximum Gasteiger partial charge on any atom is 0.276 e. The molecule has 0 bridgehead atoms. The summed E-state index contributed by atoms with van der Waals surface area (Å²) < 4.78 is 54.5. The maximum absolute atomic E-state index is 13.6. The number of halogens is 1. The Hall–Kier alpha value is -4.82. The van der Waals surface area contributed by atoms with E-state index in [-0.39, 0.29) is 40.9 Å². The number of ether oxygens (including phenoxy) is 2. The summed E-state index contributed by atoms with van der Waals surface area (Å²) in [6.45, 7) is 2.13. The van der Waals surface area contributed by atoms with Gasteiger partial charge < -0.3 is 14.8 Å². The minimum Gasteiger partial charge on any atom is -0.497 e. The number of carbonyl (C=O) groups is 1. The highest BCUT2D eigenvalue weighted by atomic mass is 32.2. The zero-order valence-electron chi connectivity index (χ0n) is 22.6. The van der Waals surface area contributed by atoms with E-state index in [9.17, 15) is 27.7 Å². The number of rotatable bonds is 9.